The molecule has 0 unspecified atom stereocenters. The van der Waals surface area contributed by atoms with Crippen LogP contribution in [-0.4, -0.2) is 29.7 Å². The number of nitrogens with one attached hydrogen (secondary N) is 1. The van der Waals surface area contributed by atoms with Crippen molar-refractivity contribution in [1.82, 2.24) is 14.3 Å². The van der Waals surface area contributed by atoms with Crippen molar-refractivity contribution in [3.05, 3.63) is 42.0 Å². The predicted octanol–water partition coefficient (Wildman–Crippen LogP) is 1.37. The third kappa shape index (κ3) is 2.83. The quantitative estimate of drug-likeness (QED) is 0.815. The molecule has 0 aliphatic heterocycles. The van der Waals surface area contributed by atoms with Gasteiger partial charge in [-0.05, 0) is 24.1 Å². The lowest BCUT2D eigenvalue weighted by Gasteiger charge is -2.18. The van der Waals surface area contributed by atoms with Crippen LogP contribution in [-0.2, 0) is 23.0 Å². The summed E-state index contributed by atoms with van der Waals surface area (Å²) in [7, 11) is -2.06. The molecule has 3 N–H and O–H groups in total. The lowest BCUT2D eigenvalue weighted by Crippen LogP contribution is -2.28. The maximum absolute atomic E-state index is 12.6. The molecule has 20 heavy (non-hydrogen) atoms. The molecule has 1 aromatic heterocycles. The first-order valence-corrected chi connectivity index (χ1v) is 7.72. The molecule has 2 aromatic rings. The Balaban J connectivity index is 2.36. The van der Waals surface area contributed by atoms with Crippen LogP contribution < -0.4 is 5.73 Å². The number of nitrogen functional groups attached to an aromatic ring is 1. The third-order valence-corrected chi connectivity index (χ3v) is 4.97. The van der Waals surface area contributed by atoms with E-state index in [1.165, 1.54) is 17.4 Å². The van der Waals surface area contributed by atoms with Crippen molar-refractivity contribution < 1.29 is 8.42 Å². The first-order chi connectivity index (χ1) is 9.45. The van der Waals surface area contributed by atoms with Crippen LogP contribution in [0.3, 0.4) is 0 Å². The number of nitrogens with zero attached hydrogens (tertiary/aromatic N) is 2. The van der Waals surface area contributed by atoms with Gasteiger partial charge in [-0.25, -0.2) is 13.4 Å². The third-order valence-electron chi connectivity index (χ3n) is 3.09. The van der Waals surface area contributed by atoms with Gasteiger partial charge in [0.15, 0.2) is 0 Å². The molecule has 7 heteroatoms. The number of aromatic nitrogens is 2. The molecular formula is C13H18N4O2S. The summed E-state index contributed by atoms with van der Waals surface area (Å²) >= 11 is 0. The second-order valence-electron chi connectivity index (χ2n) is 4.52. The zero-order chi connectivity index (χ0) is 14.8. The zero-order valence-electron chi connectivity index (χ0n) is 11.5. The van der Waals surface area contributed by atoms with Crippen LogP contribution in [0.25, 0.3) is 0 Å². The van der Waals surface area contributed by atoms with Crippen molar-refractivity contribution in [2.24, 2.45) is 0 Å². The molecule has 0 amide bonds. The second kappa shape index (κ2) is 5.64. The van der Waals surface area contributed by atoms with Crippen molar-refractivity contribution in [3.8, 4) is 0 Å². The van der Waals surface area contributed by atoms with E-state index in [9.17, 15) is 8.42 Å². The number of rotatable bonds is 5. The molecule has 0 saturated carbocycles. The summed E-state index contributed by atoms with van der Waals surface area (Å²) in [5.74, 6) is 0.595. The molecule has 1 aromatic carbocycles. The summed E-state index contributed by atoms with van der Waals surface area (Å²) in [6.45, 7) is 2.10. The van der Waals surface area contributed by atoms with Crippen LogP contribution >= 0.6 is 0 Å². The lowest BCUT2D eigenvalue weighted by atomic mass is 10.1. The lowest BCUT2D eigenvalue weighted by molar-refractivity contribution is 0.457. The molecule has 0 atom stereocenters. The Labute approximate surface area is 118 Å². The maximum Gasteiger partial charge on any atom is 0.243 e. The number of nitrogens with two attached hydrogens (primary N) is 1. The van der Waals surface area contributed by atoms with Gasteiger partial charge in [0.25, 0.3) is 0 Å². The van der Waals surface area contributed by atoms with Gasteiger partial charge in [-0.3, -0.25) is 0 Å². The number of benzene rings is 1. The van der Waals surface area contributed by atoms with E-state index in [1.807, 2.05) is 6.92 Å². The van der Waals surface area contributed by atoms with Gasteiger partial charge in [0.05, 0.1) is 11.4 Å². The Morgan fingerprint density at radius 3 is 2.75 bits per heavy atom. The first kappa shape index (κ1) is 14.5. The van der Waals surface area contributed by atoms with Gasteiger partial charge in [0.1, 0.15) is 5.82 Å². The van der Waals surface area contributed by atoms with E-state index in [2.05, 4.69) is 9.97 Å². The van der Waals surface area contributed by atoms with Crippen molar-refractivity contribution >= 4 is 15.7 Å². The number of sulfonamides is 1. The fourth-order valence-electron chi connectivity index (χ4n) is 1.95. The maximum atomic E-state index is 12.6. The van der Waals surface area contributed by atoms with Crippen LogP contribution in [0.1, 0.15) is 18.3 Å². The van der Waals surface area contributed by atoms with Crippen LogP contribution in [0.15, 0.2) is 35.5 Å². The van der Waals surface area contributed by atoms with Crippen LogP contribution in [0, 0.1) is 0 Å². The molecule has 6 nitrogen and oxygen atoms in total. The molecule has 0 aliphatic carbocycles. The van der Waals surface area contributed by atoms with Gasteiger partial charge in [-0.15, -0.1) is 0 Å². The van der Waals surface area contributed by atoms with E-state index >= 15 is 0 Å². The Morgan fingerprint density at radius 2 is 2.15 bits per heavy atom. The summed E-state index contributed by atoms with van der Waals surface area (Å²) in [5.41, 5.74) is 6.91. The van der Waals surface area contributed by atoms with Gasteiger partial charge < -0.3 is 10.7 Å². The normalized spacial score (nSPS) is 11.9. The van der Waals surface area contributed by atoms with E-state index in [0.717, 1.165) is 5.56 Å². The van der Waals surface area contributed by atoms with E-state index in [4.69, 9.17) is 5.73 Å². The van der Waals surface area contributed by atoms with Crippen LogP contribution in [0.4, 0.5) is 5.69 Å². The zero-order valence-corrected chi connectivity index (χ0v) is 12.3. The standard InChI is InChI=1S/C13H18N4O2S/c1-3-10-4-5-11(14)8-12(10)20(18,19)17(2)9-13-15-6-7-16-13/h4-8H,3,9,14H2,1-2H3,(H,15,16). The Hall–Kier alpha value is -1.86. The van der Waals surface area contributed by atoms with E-state index in [-0.39, 0.29) is 11.4 Å². The highest BCUT2D eigenvalue weighted by Crippen LogP contribution is 2.23. The number of imidazole rings is 1. The van der Waals surface area contributed by atoms with Crippen molar-refractivity contribution in [2.75, 3.05) is 12.8 Å². The highest BCUT2D eigenvalue weighted by Gasteiger charge is 2.24. The van der Waals surface area contributed by atoms with Gasteiger partial charge in [0, 0.05) is 25.1 Å². The largest absolute Gasteiger partial charge is 0.399 e. The minimum atomic E-state index is -3.59. The van der Waals surface area contributed by atoms with Gasteiger partial charge >= 0.3 is 0 Å². The summed E-state index contributed by atoms with van der Waals surface area (Å²) in [4.78, 5) is 7.19. The molecule has 0 aliphatic rings. The number of aryl methyl sites for hydroxylation is 1. The smallest absolute Gasteiger partial charge is 0.243 e. The molecule has 2 rings (SSSR count). The molecule has 0 radical (unpaired) electrons. The summed E-state index contributed by atoms with van der Waals surface area (Å²) in [5, 5.41) is 0. The van der Waals surface area contributed by atoms with Crippen molar-refractivity contribution in [1.29, 1.82) is 0 Å². The highest BCUT2D eigenvalue weighted by atomic mass is 32.2. The monoisotopic (exact) mass is 294 g/mol. The van der Waals surface area contributed by atoms with Crippen molar-refractivity contribution in [2.45, 2.75) is 24.8 Å². The number of anilines is 1. The summed E-state index contributed by atoms with van der Waals surface area (Å²) in [6.07, 6.45) is 3.88. The molecule has 0 saturated heterocycles. The molecular weight excluding hydrogens is 276 g/mol. The molecule has 108 valence electrons. The summed E-state index contributed by atoms with van der Waals surface area (Å²) in [6, 6.07) is 4.97. The second-order valence-corrected chi connectivity index (χ2v) is 6.53. The SMILES string of the molecule is CCc1ccc(N)cc1S(=O)(=O)N(C)Cc1ncc[nH]1. The molecule has 1 heterocycles. The Bertz CT molecular complexity index is 680. The summed E-state index contributed by atoms with van der Waals surface area (Å²) < 4.78 is 26.5. The minimum Gasteiger partial charge on any atom is -0.399 e. The minimum absolute atomic E-state index is 0.188. The Morgan fingerprint density at radius 1 is 1.40 bits per heavy atom. The average Bonchev–Trinajstić information content (AvgIpc) is 2.91. The number of hydrogen-bond acceptors (Lipinski definition) is 4. The molecule has 0 spiro atoms. The number of aromatic amines is 1. The topological polar surface area (TPSA) is 92.1 Å². The fraction of sp³-hybridized carbons (Fsp3) is 0.308. The van der Waals surface area contributed by atoms with Gasteiger partial charge in [-0.1, -0.05) is 13.0 Å². The highest BCUT2D eigenvalue weighted by molar-refractivity contribution is 7.89. The average molecular weight is 294 g/mol. The molecule has 0 fully saturated rings. The van der Waals surface area contributed by atoms with E-state index < -0.39 is 10.0 Å². The van der Waals surface area contributed by atoms with Crippen LogP contribution in [0.5, 0.6) is 0 Å². The van der Waals surface area contributed by atoms with E-state index in [1.54, 1.807) is 24.5 Å². The first-order valence-electron chi connectivity index (χ1n) is 6.28. The Kier molecular flexibility index (Phi) is 4.10. The van der Waals surface area contributed by atoms with Crippen LogP contribution in [0.2, 0.25) is 0 Å². The van der Waals surface area contributed by atoms with Gasteiger partial charge in [0.2, 0.25) is 10.0 Å². The fourth-order valence-corrected chi connectivity index (χ4v) is 3.41. The number of H-pyrrole nitrogens is 1. The predicted molar refractivity (Wildman–Crippen MR) is 77.5 cm³/mol. The van der Waals surface area contributed by atoms with E-state index in [0.29, 0.717) is 17.9 Å². The number of hydrogen-bond donors (Lipinski definition) is 2. The van der Waals surface area contributed by atoms with Crippen molar-refractivity contribution in [3.63, 3.8) is 0 Å². The van der Waals surface area contributed by atoms with Gasteiger partial charge in [-0.2, -0.15) is 4.31 Å². The molecule has 0 bridgehead atoms.